The standard InChI is InChI=1S/C30H52S2/c1-21(2)8-6-9-22(3)25-12-13-26-24-11-10-23-20-30(31-18-7-19-32-30)17-16-28(23,4)27(24)14-15-29(25,26)5/h21-27H,6-20H2,1-5H3/t22-,23+,24+,25-,26+,27+,28+,29-/m1/s1. The predicted molar refractivity (Wildman–Crippen MR) is 145 cm³/mol. The Bertz CT molecular complexity index is 651. The molecule has 5 fully saturated rings. The molecule has 32 heavy (non-hydrogen) atoms. The second-order valence-corrected chi connectivity index (χ2v) is 17.1. The van der Waals surface area contributed by atoms with E-state index < -0.39 is 0 Å². The Hall–Kier alpha value is 0.700. The molecule has 4 saturated carbocycles. The number of hydrogen-bond donors (Lipinski definition) is 0. The second-order valence-electron chi connectivity index (χ2n) is 13.9. The molecule has 4 aliphatic carbocycles. The molecule has 0 radical (unpaired) electrons. The summed E-state index contributed by atoms with van der Waals surface area (Å²) >= 11 is 4.72. The molecule has 1 aliphatic heterocycles. The van der Waals surface area contributed by atoms with Crippen LogP contribution in [-0.4, -0.2) is 15.6 Å². The maximum atomic E-state index is 2.78. The molecule has 184 valence electrons. The lowest BCUT2D eigenvalue weighted by Gasteiger charge is -2.63. The average molecular weight is 477 g/mol. The molecule has 0 N–H and O–H groups in total. The molecule has 1 spiro atoms. The zero-order chi connectivity index (χ0) is 22.6. The van der Waals surface area contributed by atoms with Gasteiger partial charge in [-0.15, -0.1) is 23.5 Å². The van der Waals surface area contributed by atoms with Crippen molar-refractivity contribution in [3.63, 3.8) is 0 Å². The minimum Gasteiger partial charge on any atom is -0.144 e. The fourth-order valence-corrected chi connectivity index (χ4v) is 13.6. The molecular weight excluding hydrogens is 424 g/mol. The second kappa shape index (κ2) is 9.29. The van der Waals surface area contributed by atoms with Crippen LogP contribution >= 0.6 is 23.5 Å². The SMILES string of the molecule is CC(C)CCC[C@@H](C)[C@H]1CC[C@H]2[C@@H]3CC[C@H]4CC5(CC[C@]4(C)[C@H]3CC[C@]12C)SCCCS5. The van der Waals surface area contributed by atoms with Gasteiger partial charge in [0.25, 0.3) is 0 Å². The third kappa shape index (κ3) is 4.16. The monoisotopic (exact) mass is 476 g/mol. The molecule has 8 atom stereocenters. The van der Waals surface area contributed by atoms with Crippen molar-refractivity contribution in [2.75, 3.05) is 11.5 Å². The summed E-state index contributed by atoms with van der Waals surface area (Å²) in [5.41, 5.74) is 1.32. The fraction of sp³-hybridized carbons (Fsp3) is 1.00. The molecule has 0 unspecified atom stereocenters. The first-order chi connectivity index (χ1) is 15.3. The maximum absolute atomic E-state index is 2.78. The van der Waals surface area contributed by atoms with Crippen molar-refractivity contribution in [3.8, 4) is 0 Å². The van der Waals surface area contributed by atoms with Gasteiger partial charge in [0, 0.05) is 0 Å². The first-order valence-electron chi connectivity index (χ1n) is 14.6. The molecule has 0 aromatic carbocycles. The van der Waals surface area contributed by atoms with E-state index in [1.54, 1.807) is 44.9 Å². The van der Waals surface area contributed by atoms with Crippen molar-refractivity contribution in [2.45, 2.75) is 122 Å². The van der Waals surface area contributed by atoms with Crippen molar-refractivity contribution in [1.29, 1.82) is 0 Å². The molecule has 5 rings (SSSR count). The lowest BCUT2D eigenvalue weighted by molar-refractivity contribution is -0.114. The summed E-state index contributed by atoms with van der Waals surface area (Å²) in [6, 6.07) is 0. The molecule has 2 heteroatoms. The van der Waals surface area contributed by atoms with Crippen LogP contribution in [0.25, 0.3) is 0 Å². The Morgan fingerprint density at radius 2 is 1.53 bits per heavy atom. The summed E-state index contributed by atoms with van der Waals surface area (Å²) in [5, 5.41) is 0. The largest absolute Gasteiger partial charge is 0.144 e. The first kappa shape index (κ1) is 24.4. The van der Waals surface area contributed by atoms with Gasteiger partial charge in [-0.2, -0.15) is 0 Å². The van der Waals surface area contributed by atoms with Crippen LogP contribution in [0.3, 0.4) is 0 Å². The third-order valence-electron chi connectivity index (χ3n) is 11.9. The van der Waals surface area contributed by atoms with E-state index in [-0.39, 0.29) is 0 Å². The molecule has 0 amide bonds. The zero-order valence-electron chi connectivity index (χ0n) is 22.0. The smallest absolute Gasteiger partial charge is 0.0614 e. The molecule has 5 aliphatic rings. The Balaban J connectivity index is 1.27. The summed E-state index contributed by atoms with van der Waals surface area (Å²) < 4.78 is 0.613. The molecular formula is C30H52S2. The first-order valence-corrected chi connectivity index (χ1v) is 16.5. The van der Waals surface area contributed by atoms with E-state index in [4.69, 9.17) is 0 Å². The van der Waals surface area contributed by atoms with Crippen LogP contribution in [-0.2, 0) is 0 Å². The summed E-state index contributed by atoms with van der Waals surface area (Å²) in [7, 11) is 0. The van der Waals surface area contributed by atoms with E-state index in [1.165, 1.54) is 50.0 Å². The highest BCUT2D eigenvalue weighted by Crippen LogP contribution is 2.70. The highest BCUT2D eigenvalue weighted by atomic mass is 32.2. The van der Waals surface area contributed by atoms with Gasteiger partial charge in [0.05, 0.1) is 4.08 Å². The highest BCUT2D eigenvalue weighted by molar-refractivity contribution is 8.18. The maximum Gasteiger partial charge on any atom is 0.0614 e. The van der Waals surface area contributed by atoms with Gasteiger partial charge in [-0.1, -0.05) is 53.9 Å². The summed E-state index contributed by atoms with van der Waals surface area (Å²) in [6.07, 6.45) is 19.8. The number of hydrogen-bond acceptors (Lipinski definition) is 2. The van der Waals surface area contributed by atoms with Gasteiger partial charge in [-0.25, -0.2) is 0 Å². The van der Waals surface area contributed by atoms with Gasteiger partial charge in [0.1, 0.15) is 0 Å². The normalized spacial score (nSPS) is 46.5. The zero-order valence-corrected chi connectivity index (χ0v) is 23.6. The fourth-order valence-electron chi connectivity index (χ4n) is 10.1. The van der Waals surface area contributed by atoms with Gasteiger partial charge < -0.3 is 0 Å². The van der Waals surface area contributed by atoms with E-state index in [9.17, 15) is 0 Å². The van der Waals surface area contributed by atoms with Crippen LogP contribution in [0.15, 0.2) is 0 Å². The summed E-state index contributed by atoms with van der Waals surface area (Å²) in [5.74, 6) is 9.87. The molecule has 0 nitrogen and oxygen atoms in total. The molecule has 0 bridgehead atoms. The summed E-state index contributed by atoms with van der Waals surface area (Å²) in [6.45, 7) is 13.0. The van der Waals surface area contributed by atoms with Crippen molar-refractivity contribution in [2.24, 2.45) is 52.3 Å². The molecule has 1 heterocycles. The van der Waals surface area contributed by atoms with Crippen molar-refractivity contribution < 1.29 is 0 Å². The van der Waals surface area contributed by atoms with Gasteiger partial charge >= 0.3 is 0 Å². The van der Waals surface area contributed by atoms with E-state index in [2.05, 4.69) is 58.1 Å². The lowest BCUT2D eigenvalue weighted by atomic mass is 9.44. The average Bonchev–Trinajstić information content (AvgIpc) is 3.12. The van der Waals surface area contributed by atoms with Crippen LogP contribution in [0, 0.1) is 52.3 Å². The van der Waals surface area contributed by atoms with Crippen LogP contribution < -0.4 is 0 Å². The van der Waals surface area contributed by atoms with Crippen LogP contribution in [0.1, 0.15) is 118 Å². The minimum atomic E-state index is 0.613. The van der Waals surface area contributed by atoms with Crippen LogP contribution in [0.4, 0.5) is 0 Å². The van der Waals surface area contributed by atoms with Gasteiger partial charge in [-0.3, -0.25) is 0 Å². The Kier molecular flexibility index (Phi) is 7.09. The van der Waals surface area contributed by atoms with E-state index in [1.807, 2.05) is 0 Å². The topological polar surface area (TPSA) is 0 Å². The quantitative estimate of drug-likeness (QED) is 0.387. The van der Waals surface area contributed by atoms with E-state index >= 15 is 0 Å². The third-order valence-corrected chi connectivity index (χ3v) is 15.4. The lowest BCUT2D eigenvalue weighted by Crippen LogP contribution is -2.55. The molecule has 0 aromatic rings. The number of rotatable bonds is 5. The summed E-state index contributed by atoms with van der Waals surface area (Å²) in [4.78, 5) is 0. The molecule has 1 saturated heterocycles. The van der Waals surface area contributed by atoms with Crippen molar-refractivity contribution in [1.82, 2.24) is 0 Å². The van der Waals surface area contributed by atoms with Gasteiger partial charge in [-0.05, 0) is 128 Å². The van der Waals surface area contributed by atoms with Gasteiger partial charge in [0.15, 0.2) is 0 Å². The van der Waals surface area contributed by atoms with Crippen LogP contribution in [0.5, 0.6) is 0 Å². The number of thioether (sulfide) groups is 2. The van der Waals surface area contributed by atoms with Crippen molar-refractivity contribution in [3.05, 3.63) is 0 Å². The van der Waals surface area contributed by atoms with Gasteiger partial charge in [0.2, 0.25) is 0 Å². The predicted octanol–water partition coefficient (Wildman–Crippen LogP) is 9.67. The Morgan fingerprint density at radius 3 is 2.28 bits per heavy atom. The molecule has 0 aromatic heterocycles. The van der Waals surface area contributed by atoms with Crippen molar-refractivity contribution >= 4 is 23.5 Å². The van der Waals surface area contributed by atoms with Crippen LogP contribution in [0.2, 0.25) is 0 Å². The minimum absolute atomic E-state index is 0.613. The Labute approximate surface area is 209 Å². The van der Waals surface area contributed by atoms with E-state index in [0.29, 0.717) is 14.9 Å². The highest BCUT2D eigenvalue weighted by Gasteiger charge is 2.61. The Morgan fingerprint density at radius 1 is 0.781 bits per heavy atom. The number of fused-ring (bicyclic) bond motifs is 5. The van der Waals surface area contributed by atoms with E-state index in [0.717, 1.165) is 41.4 Å².